The van der Waals surface area contributed by atoms with Crippen LogP contribution in [-0.2, 0) is 15.7 Å². The third-order valence-corrected chi connectivity index (χ3v) is 8.07. The number of benzene rings is 1. The van der Waals surface area contributed by atoms with Crippen molar-refractivity contribution < 1.29 is 9.31 Å². The number of hydrogen-bond acceptors (Lipinski definition) is 4. The van der Waals surface area contributed by atoms with Crippen molar-refractivity contribution in [2.45, 2.75) is 89.1 Å². The van der Waals surface area contributed by atoms with Crippen molar-refractivity contribution in [3.05, 3.63) is 24.0 Å². The van der Waals surface area contributed by atoms with E-state index in [0.717, 1.165) is 23.4 Å². The van der Waals surface area contributed by atoms with Gasteiger partial charge in [0.1, 0.15) is 5.82 Å². The fraction of sp³-hybridized carbons (Fsp3) is 0.682. The maximum atomic E-state index is 6.25. The Morgan fingerprint density at radius 2 is 1.79 bits per heavy atom. The van der Waals surface area contributed by atoms with Crippen molar-refractivity contribution in [1.82, 2.24) is 14.5 Å². The zero-order chi connectivity index (χ0) is 19.3. The normalized spacial score (nSPS) is 31.4. The maximum Gasteiger partial charge on any atom is 0.494 e. The number of rotatable bonds is 2. The van der Waals surface area contributed by atoms with E-state index >= 15 is 0 Å². The molecule has 0 spiro atoms. The third kappa shape index (κ3) is 2.34. The summed E-state index contributed by atoms with van der Waals surface area (Å²) in [6.45, 7) is 9.61. The van der Waals surface area contributed by atoms with E-state index in [1.807, 2.05) is 0 Å². The minimum atomic E-state index is -0.321. The molecule has 4 heterocycles. The SMILES string of the molecule is CC1(C)OB(c2ccc3c(c2)nc2n3C3CC(C2)N(C2CCC2)C3)OC1(C)C. The Kier molecular flexibility index (Phi) is 3.51. The topological polar surface area (TPSA) is 39.5 Å². The van der Waals surface area contributed by atoms with Crippen LogP contribution in [0.2, 0.25) is 0 Å². The van der Waals surface area contributed by atoms with Gasteiger partial charge in [-0.15, -0.1) is 0 Å². The van der Waals surface area contributed by atoms with Gasteiger partial charge in [0.2, 0.25) is 0 Å². The second-order valence-corrected chi connectivity index (χ2v) is 10.3. The van der Waals surface area contributed by atoms with Crippen molar-refractivity contribution in [1.29, 1.82) is 0 Å². The quantitative estimate of drug-likeness (QED) is 0.752. The van der Waals surface area contributed by atoms with Crippen molar-refractivity contribution >= 4 is 23.6 Å². The molecule has 2 saturated heterocycles. The van der Waals surface area contributed by atoms with Gasteiger partial charge in [-0.3, -0.25) is 4.90 Å². The number of aromatic nitrogens is 2. The first kappa shape index (κ1) is 17.5. The van der Waals surface area contributed by atoms with Crippen LogP contribution in [-0.4, -0.2) is 51.4 Å². The molecule has 2 aromatic rings. The summed E-state index contributed by atoms with van der Waals surface area (Å²) in [6.07, 6.45) is 6.57. The van der Waals surface area contributed by atoms with E-state index in [9.17, 15) is 0 Å². The zero-order valence-corrected chi connectivity index (χ0v) is 17.4. The molecular formula is C22H30BN3O2. The zero-order valence-electron chi connectivity index (χ0n) is 17.4. The number of nitrogens with zero attached hydrogens (tertiary/aromatic N) is 3. The van der Waals surface area contributed by atoms with Crippen LogP contribution in [0.3, 0.4) is 0 Å². The van der Waals surface area contributed by atoms with Crippen LogP contribution >= 0.6 is 0 Å². The van der Waals surface area contributed by atoms with E-state index in [1.165, 1.54) is 43.6 Å². The van der Waals surface area contributed by atoms with Crippen molar-refractivity contribution in [3.63, 3.8) is 0 Å². The monoisotopic (exact) mass is 379 g/mol. The summed E-state index contributed by atoms with van der Waals surface area (Å²) in [4.78, 5) is 7.85. The van der Waals surface area contributed by atoms with Gasteiger partial charge in [-0.2, -0.15) is 0 Å². The third-order valence-electron chi connectivity index (χ3n) is 8.07. The van der Waals surface area contributed by atoms with E-state index in [0.29, 0.717) is 12.1 Å². The second kappa shape index (κ2) is 5.62. The molecule has 6 rings (SSSR count). The minimum Gasteiger partial charge on any atom is -0.399 e. The van der Waals surface area contributed by atoms with E-state index in [-0.39, 0.29) is 18.3 Å². The lowest BCUT2D eigenvalue weighted by Crippen LogP contribution is -2.43. The lowest BCUT2D eigenvalue weighted by molar-refractivity contribution is 0.00578. The Labute approximate surface area is 167 Å². The molecule has 2 atom stereocenters. The number of fused-ring (bicyclic) bond motifs is 6. The fourth-order valence-electron chi connectivity index (χ4n) is 5.52. The summed E-state index contributed by atoms with van der Waals surface area (Å²) in [5.41, 5.74) is 2.80. The van der Waals surface area contributed by atoms with Crippen LogP contribution < -0.4 is 5.46 Å². The van der Waals surface area contributed by atoms with Gasteiger partial charge >= 0.3 is 7.12 Å². The summed E-state index contributed by atoms with van der Waals surface area (Å²) in [5.74, 6) is 1.27. The van der Waals surface area contributed by atoms with Gasteiger partial charge in [0.25, 0.3) is 0 Å². The standard InChI is InChI=1S/C22H30BN3O2/c1-21(2)22(3,4)28-23(27-21)14-8-9-19-18(10-14)24-20-12-16-11-17(26(19)20)13-25(16)15-6-5-7-15/h8-10,15-17H,5-7,11-13H2,1-4H3. The molecule has 5 nitrogen and oxygen atoms in total. The van der Waals surface area contributed by atoms with Crippen molar-refractivity contribution in [2.24, 2.45) is 0 Å². The second-order valence-electron chi connectivity index (χ2n) is 10.3. The lowest BCUT2D eigenvalue weighted by atomic mass is 9.79. The van der Waals surface area contributed by atoms with E-state index in [2.05, 4.69) is 55.4 Å². The summed E-state index contributed by atoms with van der Waals surface area (Å²) in [5, 5.41) is 0. The molecular weight excluding hydrogens is 349 g/mol. The molecule has 0 amide bonds. The largest absolute Gasteiger partial charge is 0.494 e. The molecule has 0 radical (unpaired) electrons. The molecule has 0 N–H and O–H groups in total. The summed E-state index contributed by atoms with van der Waals surface area (Å²) < 4.78 is 15.0. The summed E-state index contributed by atoms with van der Waals surface area (Å²) >= 11 is 0. The van der Waals surface area contributed by atoms with Crippen molar-refractivity contribution in [3.8, 4) is 0 Å². The number of imidazole rings is 1. The highest BCUT2D eigenvalue weighted by Crippen LogP contribution is 2.42. The molecule has 3 aliphatic heterocycles. The molecule has 28 heavy (non-hydrogen) atoms. The molecule has 148 valence electrons. The van der Waals surface area contributed by atoms with E-state index in [4.69, 9.17) is 14.3 Å². The Balaban J connectivity index is 1.32. The molecule has 2 unspecified atom stereocenters. The Hall–Kier alpha value is -1.37. The van der Waals surface area contributed by atoms with Gasteiger partial charge in [-0.1, -0.05) is 12.5 Å². The first-order chi connectivity index (χ1) is 13.3. The molecule has 1 aromatic heterocycles. The highest BCUT2D eigenvalue weighted by atomic mass is 16.7. The first-order valence-electron chi connectivity index (χ1n) is 10.9. The van der Waals surface area contributed by atoms with Crippen LogP contribution in [0.1, 0.15) is 65.2 Å². The van der Waals surface area contributed by atoms with E-state index in [1.54, 1.807) is 0 Å². The minimum absolute atomic E-state index is 0.315. The molecule has 4 aliphatic rings. The molecule has 6 heteroatoms. The van der Waals surface area contributed by atoms with E-state index < -0.39 is 0 Å². The van der Waals surface area contributed by atoms with Gasteiger partial charge < -0.3 is 13.9 Å². The van der Waals surface area contributed by atoms with Gasteiger partial charge in [-0.05, 0) is 64.6 Å². The van der Waals surface area contributed by atoms with Gasteiger partial charge in [0, 0.05) is 31.1 Å². The highest BCUT2D eigenvalue weighted by Gasteiger charge is 2.52. The smallest absolute Gasteiger partial charge is 0.399 e. The van der Waals surface area contributed by atoms with Gasteiger partial charge in [0.15, 0.2) is 0 Å². The average molecular weight is 379 g/mol. The predicted octanol–water partition coefficient (Wildman–Crippen LogP) is 3.06. The predicted molar refractivity (Wildman–Crippen MR) is 111 cm³/mol. The summed E-state index contributed by atoms with van der Waals surface area (Å²) in [7, 11) is -0.321. The maximum absolute atomic E-state index is 6.25. The average Bonchev–Trinajstić information content (AvgIpc) is 3.17. The summed E-state index contributed by atoms with van der Waals surface area (Å²) in [6, 6.07) is 8.70. The fourth-order valence-corrected chi connectivity index (χ4v) is 5.52. The van der Waals surface area contributed by atoms with Gasteiger partial charge in [-0.25, -0.2) is 4.98 Å². The highest BCUT2D eigenvalue weighted by molar-refractivity contribution is 6.62. The van der Waals surface area contributed by atoms with Crippen molar-refractivity contribution in [2.75, 3.05) is 6.54 Å². The van der Waals surface area contributed by atoms with Crippen LogP contribution in [0.15, 0.2) is 18.2 Å². The number of hydrogen-bond donors (Lipinski definition) is 0. The van der Waals surface area contributed by atoms with Crippen LogP contribution in [0, 0.1) is 0 Å². The molecule has 1 saturated carbocycles. The molecule has 3 fully saturated rings. The van der Waals surface area contributed by atoms with Crippen LogP contribution in [0.4, 0.5) is 0 Å². The Morgan fingerprint density at radius 3 is 2.46 bits per heavy atom. The molecule has 1 aromatic carbocycles. The van der Waals surface area contributed by atoms with Gasteiger partial charge in [0.05, 0.1) is 22.2 Å². The molecule has 1 aliphatic carbocycles. The first-order valence-corrected chi connectivity index (χ1v) is 10.9. The lowest BCUT2D eigenvalue weighted by Gasteiger charge is -2.38. The van der Waals surface area contributed by atoms with Crippen LogP contribution in [0.5, 0.6) is 0 Å². The Bertz CT molecular complexity index is 933. The Morgan fingerprint density at radius 1 is 1.04 bits per heavy atom. The molecule has 2 bridgehead atoms. The number of likely N-dealkylation sites (tertiary alicyclic amines) is 1. The van der Waals surface area contributed by atoms with Crippen LogP contribution in [0.25, 0.3) is 11.0 Å².